The van der Waals surface area contributed by atoms with Crippen LogP contribution in [-0.4, -0.2) is 47.4 Å². The van der Waals surface area contributed by atoms with E-state index in [1.807, 2.05) is 13.0 Å². The number of amides is 2. The molecule has 1 rings (SSSR count). The number of piperazine rings is 1. The molecule has 1 fully saturated rings. The molecule has 1 N–H and O–H groups in total. The molecule has 1 heterocycles. The van der Waals surface area contributed by atoms with E-state index in [9.17, 15) is 9.59 Å². The Labute approximate surface area is 107 Å². The molecule has 0 aromatic rings. The third kappa shape index (κ3) is 4.42. The molecule has 0 radical (unpaired) electrons. The Morgan fingerprint density at radius 1 is 1.59 bits per heavy atom. The normalized spacial score (nSPS) is 20.3. The topological polar surface area (TPSA) is 49.4 Å². The first-order valence-electron chi connectivity index (χ1n) is 5.95. The van der Waals surface area contributed by atoms with Gasteiger partial charge in [-0.1, -0.05) is 19.4 Å². The number of nitrogens with one attached hydrogen (secondary N) is 1. The van der Waals surface area contributed by atoms with Crippen LogP contribution in [0.15, 0.2) is 12.7 Å². The average molecular weight is 256 g/mol. The molecule has 1 saturated heterocycles. The fraction of sp³-hybridized carbons (Fsp3) is 0.667. The first-order valence-corrected chi connectivity index (χ1v) is 7.11. The molecule has 0 aliphatic carbocycles. The Bertz CT molecular complexity index is 294. The fourth-order valence-electron chi connectivity index (χ4n) is 1.79. The van der Waals surface area contributed by atoms with Crippen LogP contribution in [0, 0.1) is 0 Å². The first kappa shape index (κ1) is 14.1. The third-order valence-electron chi connectivity index (χ3n) is 2.60. The molecule has 0 saturated carbocycles. The van der Waals surface area contributed by atoms with Crippen LogP contribution in [0.1, 0.15) is 19.8 Å². The molecule has 5 heteroatoms. The van der Waals surface area contributed by atoms with Crippen LogP contribution >= 0.6 is 11.8 Å². The lowest BCUT2D eigenvalue weighted by Crippen LogP contribution is -2.58. The SMILES string of the molecule is C=CCSCCN1CC(=O)NC(CCC)C1=O. The zero-order valence-electron chi connectivity index (χ0n) is 10.3. The van der Waals surface area contributed by atoms with E-state index in [4.69, 9.17) is 0 Å². The Morgan fingerprint density at radius 3 is 3.00 bits per heavy atom. The summed E-state index contributed by atoms with van der Waals surface area (Å²) in [5.74, 6) is 1.75. The number of thioether (sulfide) groups is 1. The van der Waals surface area contributed by atoms with Crippen molar-refractivity contribution in [3.63, 3.8) is 0 Å². The van der Waals surface area contributed by atoms with Gasteiger partial charge in [0.2, 0.25) is 11.8 Å². The summed E-state index contributed by atoms with van der Waals surface area (Å²) in [6, 6.07) is -0.314. The Kier molecular flexibility index (Phi) is 6.11. The molecule has 1 aliphatic rings. The number of hydrogen-bond donors (Lipinski definition) is 1. The van der Waals surface area contributed by atoms with Gasteiger partial charge in [0.1, 0.15) is 6.04 Å². The summed E-state index contributed by atoms with van der Waals surface area (Å²) in [6.07, 6.45) is 3.46. The Hall–Kier alpha value is -0.970. The van der Waals surface area contributed by atoms with Crippen molar-refractivity contribution in [3.05, 3.63) is 12.7 Å². The Morgan fingerprint density at radius 2 is 2.35 bits per heavy atom. The molecule has 4 nitrogen and oxygen atoms in total. The van der Waals surface area contributed by atoms with Gasteiger partial charge in [-0.15, -0.1) is 6.58 Å². The summed E-state index contributed by atoms with van der Waals surface area (Å²) in [4.78, 5) is 25.1. The predicted molar refractivity (Wildman–Crippen MR) is 70.9 cm³/mol. The van der Waals surface area contributed by atoms with E-state index >= 15 is 0 Å². The second kappa shape index (κ2) is 7.37. The molecular formula is C12H20N2O2S. The van der Waals surface area contributed by atoms with Crippen molar-refractivity contribution in [3.8, 4) is 0 Å². The molecule has 96 valence electrons. The number of carbonyl (C=O) groups excluding carboxylic acids is 2. The van der Waals surface area contributed by atoms with Gasteiger partial charge in [-0.2, -0.15) is 11.8 Å². The molecule has 0 spiro atoms. The van der Waals surface area contributed by atoms with E-state index in [2.05, 4.69) is 11.9 Å². The highest BCUT2D eigenvalue weighted by molar-refractivity contribution is 7.99. The minimum Gasteiger partial charge on any atom is -0.343 e. The average Bonchev–Trinajstić information content (AvgIpc) is 2.30. The Balaban J connectivity index is 2.43. The van der Waals surface area contributed by atoms with Crippen LogP contribution < -0.4 is 5.32 Å². The van der Waals surface area contributed by atoms with Gasteiger partial charge >= 0.3 is 0 Å². The number of hydrogen-bond acceptors (Lipinski definition) is 3. The van der Waals surface area contributed by atoms with Crippen molar-refractivity contribution < 1.29 is 9.59 Å². The van der Waals surface area contributed by atoms with Crippen LogP contribution in [0.25, 0.3) is 0 Å². The highest BCUT2D eigenvalue weighted by Gasteiger charge is 2.31. The van der Waals surface area contributed by atoms with Crippen molar-refractivity contribution in [2.75, 3.05) is 24.6 Å². The van der Waals surface area contributed by atoms with Crippen LogP contribution in [0.2, 0.25) is 0 Å². The van der Waals surface area contributed by atoms with E-state index < -0.39 is 0 Å². The second-order valence-electron chi connectivity index (χ2n) is 4.03. The summed E-state index contributed by atoms with van der Waals surface area (Å²) in [5, 5.41) is 2.75. The summed E-state index contributed by atoms with van der Waals surface area (Å²) in [7, 11) is 0. The van der Waals surface area contributed by atoms with Crippen molar-refractivity contribution in [2.24, 2.45) is 0 Å². The largest absolute Gasteiger partial charge is 0.343 e. The minimum atomic E-state index is -0.314. The maximum Gasteiger partial charge on any atom is 0.245 e. The van der Waals surface area contributed by atoms with Crippen LogP contribution in [0.3, 0.4) is 0 Å². The second-order valence-corrected chi connectivity index (χ2v) is 5.18. The van der Waals surface area contributed by atoms with Gasteiger partial charge in [-0.25, -0.2) is 0 Å². The van der Waals surface area contributed by atoms with E-state index in [0.29, 0.717) is 6.54 Å². The van der Waals surface area contributed by atoms with Crippen molar-refractivity contribution in [2.45, 2.75) is 25.8 Å². The molecule has 1 aliphatic heterocycles. The van der Waals surface area contributed by atoms with E-state index in [0.717, 1.165) is 24.3 Å². The standard InChI is InChI=1S/C12H20N2O2S/c1-3-5-10-12(16)14(9-11(15)13-10)6-8-17-7-4-2/h4,10H,2-3,5-9H2,1H3,(H,13,15). The molecule has 0 aromatic carbocycles. The first-order chi connectivity index (χ1) is 8.19. The number of carbonyl (C=O) groups is 2. The zero-order valence-corrected chi connectivity index (χ0v) is 11.1. The lowest BCUT2D eigenvalue weighted by atomic mass is 10.1. The fourth-order valence-corrected chi connectivity index (χ4v) is 2.47. The maximum absolute atomic E-state index is 12.0. The smallest absolute Gasteiger partial charge is 0.245 e. The van der Waals surface area contributed by atoms with Crippen LogP contribution in [-0.2, 0) is 9.59 Å². The molecule has 0 aromatic heterocycles. The van der Waals surface area contributed by atoms with E-state index in [1.54, 1.807) is 16.7 Å². The van der Waals surface area contributed by atoms with Gasteiger partial charge in [0.15, 0.2) is 0 Å². The monoisotopic (exact) mass is 256 g/mol. The number of nitrogens with zero attached hydrogens (tertiary/aromatic N) is 1. The van der Waals surface area contributed by atoms with Crippen molar-refractivity contribution in [1.82, 2.24) is 10.2 Å². The predicted octanol–water partition coefficient (Wildman–Crippen LogP) is 1.03. The molecule has 0 bridgehead atoms. The van der Waals surface area contributed by atoms with Gasteiger partial charge in [0.25, 0.3) is 0 Å². The highest BCUT2D eigenvalue weighted by atomic mass is 32.2. The van der Waals surface area contributed by atoms with Crippen LogP contribution in [0.5, 0.6) is 0 Å². The molecular weight excluding hydrogens is 236 g/mol. The van der Waals surface area contributed by atoms with Crippen molar-refractivity contribution >= 4 is 23.6 Å². The number of rotatable bonds is 7. The molecule has 1 atom stereocenters. The van der Waals surface area contributed by atoms with Gasteiger partial charge in [0.05, 0.1) is 6.54 Å². The summed E-state index contributed by atoms with van der Waals surface area (Å²) in [5.41, 5.74) is 0. The summed E-state index contributed by atoms with van der Waals surface area (Å²) < 4.78 is 0. The summed E-state index contributed by atoms with van der Waals surface area (Å²) in [6.45, 7) is 6.50. The van der Waals surface area contributed by atoms with Crippen LogP contribution in [0.4, 0.5) is 0 Å². The molecule has 1 unspecified atom stereocenters. The lowest BCUT2D eigenvalue weighted by Gasteiger charge is -2.32. The zero-order chi connectivity index (χ0) is 12.7. The lowest BCUT2D eigenvalue weighted by molar-refractivity contribution is -0.144. The van der Waals surface area contributed by atoms with Gasteiger partial charge in [0, 0.05) is 18.1 Å². The van der Waals surface area contributed by atoms with Gasteiger partial charge in [-0.05, 0) is 6.42 Å². The quantitative estimate of drug-likeness (QED) is 0.547. The third-order valence-corrected chi connectivity index (χ3v) is 3.54. The highest BCUT2D eigenvalue weighted by Crippen LogP contribution is 2.09. The van der Waals surface area contributed by atoms with Gasteiger partial charge in [-0.3, -0.25) is 9.59 Å². The molecule has 17 heavy (non-hydrogen) atoms. The minimum absolute atomic E-state index is 0.0447. The molecule has 2 amide bonds. The maximum atomic E-state index is 12.0. The van der Waals surface area contributed by atoms with Crippen molar-refractivity contribution in [1.29, 1.82) is 0 Å². The van der Waals surface area contributed by atoms with E-state index in [-0.39, 0.29) is 24.4 Å². The van der Waals surface area contributed by atoms with E-state index in [1.165, 1.54) is 0 Å². The summed E-state index contributed by atoms with van der Waals surface area (Å²) >= 11 is 1.72. The van der Waals surface area contributed by atoms with Gasteiger partial charge < -0.3 is 10.2 Å².